The minimum atomic E-state index is -0.478. The molecule has 0 aliphatic heterocycles. The zero-order chi connectivity index (χ0) is 49.3. The van der Waals surface area contributed by atoms with E-state index < -0.39 is 5.41 Å². The predicted octanol–water partition coefficient (Wildman–Crippen LogP) is 18.8. The number of benzene rings is 7. The number of nitrogens with zero attached hydrogens (tertiary/aromatic N) is 1. The number of fused-ring (bicyclic) bond motifs is 13. The maximum atomic E-state index is 2.77. The second-order valence-electron chi connectivity index (χ2n) is 26.6. The fraction of sp³-hybridized carbons (Fsp3) is 0.391. The summed E-state index contributed by atoms with van der Waals surface area (Å²) in [5, 5.41) is 0. The summed E-state index contributed by atoms with van der Waals surface area (Å²) in [7, 11) is 0. The molecular weight excluding hydrogens is 843 g/mol. The van der Waals surface area contributed by atoms with E-state index in [-0.39, 0.29) is 32.5 Å². The first-order valence-corrected chi connectivity index (χ1v) is 26.7. The molecule has 12 rings (SSSR count). The Bertz CT molecular complexity index is 3230. The van der Waals surface area contributed by atoms with Gasteiger partial charge in [-0.1, -0.05) is 186 Å². The van der Waals surface area contributed by atoms with Crippen LogP contribution in [-0.2, 0) is 37.9 Å². The van der Waals surface area contributed by atoms with Crippen LogP contribution in [0.1, 0.15) is 188 Å². The first-order valence-electron chi connectivity index (χ1n) is 26.7. The van der Waals surface area contributed by atoms with E-state index in [1.165, 1.54) is 156 Å². The van der Waals surface area contributed by atoms with Gasteiger partial charge in [0.2, 0.25) is 0 Å². The van der Waals surface area contributed by atoms with E-state index in [4.69, 9.17) is 0 Å². The molecule has 0 saturated carbocycles. The minimum absolute atomic E-state index is 0.0382. The summed E-state index contributed by atoms with van der Waals surface area (Å²) >= 11 is 0. The maximum Gasteiger partial charge on any atom is 0.0726 e. The maximum absolute atomic E-state index is 2.77. The van der Waals surface area contributed by atoms with E-state index in [0.717, 1.165) is 0 Å². The van der Waals surface area contributed by atoms with E-state index >= 15 is 0 Å². The molecule has 0 radical (unpaired) electrons. The van der Waals surface area contributed by atoms with Crippen molar-refractivity contribution in [3.8, 4) is 33.4 Å². The van der Waals surface area contributed by atoms with Gasteiger partial charge in [-0.2, -0.15) is 0 Å². The molecule has 0 saturated heterocycles. The molecule has 1 spiro atoms. The van der Waals surface area contributed by atoms with Gasteiger partial charge < -0.3 is 4.90 Å². The lowest BCUT2D eigenvalue weighted by atomic mass is 9.62. The Morgan fingerprint density at radius 2 is 0.629 bits per heavy atom. The quantitative estimate of drug-likeness (QED) is 0.170. The Morgan fingerprint density at radius 3 is 1.06 bits per heavy atom. The first-order chi connectivity index (χ1) is 33.0. The van der Waals surface area contributed by atoms with Crippen molar-refractivity contribution < 1.29 is 0 Å². The number of hydrogen-bond acceptors (Lipinski definition) is 1. The van der Waals surface area contributed by atoms with E-state index in [1.54, 1.807) is 0 Å². The van der Waals surface area contributed by atoms with Gasteiger partial charge in [0, 0.05) is 16.9 Å². The summed E-state index contributed by atoms with van der Waals surface area (Å²) in [5.74, 6) is 0. The lowest BCUT2D eigenvalue weighted by molar-refractivity contribution is 0.331. The number of aryl methyl sites for hydroxylation is 2. The number of rotatable bonds is 4. The van der Waals surface area contributed by atoms with Gasteiger partial charge in [0.15, 0.2) is 0 Å². The van der Waals surface area contributed by atoms with E-state index in [9.17, 15) is 0 Å². The molecule has 0 aromatic heterocycles. The van der Waals surface area contributed by atoms with E-state index in [1.807, 2.05) is 0 Å². The van der Waals surface area contributed by atoms with Crippen LogP contribution < -0.4 is 4.90 Å². The van der Waals surface area contributed by atoms with Gasteiger partial charge in [-0.25, -0.2) is 0 Å². The summed E-state index contributed by atoms with van der Waals surface area (Å²) in [6.45, 7) is 34.5. The van der Waals surface area contributed by atoms with Crippen molar-refractivity contribution in [2.24, 2.45) is 0 Å². The highest BCUT2D eigenvalue weighted by molar-refractivity contribution is 6.00. The Labute approximate surface area is 420 Å². The molecular formula is C69H75N. The molecule has 1 heteroatoms. The van der Waals surface area contributed by atoms with Crippen molar-refractivity contribution in [1.29, 1.82) is 0 Å². The van der Waals surface area contributed by atoms with Gasteiger partial charge in [0.25, 0.3) is 0 Å². The summed E-state index contributed by atoms with van der Waals surface area (Å²) < 4.78 is 0. The minimum Gasteiger partial charge on any atom is -0.309 e. The van der Waals surface area contributed by atoms with Gasteiger partial charge in [0.1, 0.15) is 0 Å². The molecule has 356 valence electrons. The third-order valence-electron chi connectivity index (χ3n) is 19.3. The predicted molar refractivity (Wildman–Crippen MR) is 298 cm³/mol. The molecule has 0 fully saturated rings. The Kier molecular flexibility index (Phi) is 9.56. The van der Waals surface area contributed by atoms with Gasteiger partial charge in [-0.3, -0.25) is 0 Å². The van der Waals surface area contributed by atoms with Crippen molar-refractivity contribution in [1.82, 2.24) is 0 Å². The molecule has 7 aromatic rings. The molecule has 0 amide bonds. The van der Waals surface area contributed by atoms with Gasteiger partial charge >= 0.3 is 0 Å². The molecule has 70 heavy (non-hydrogen) atoms. The van der Waals surface area contributed by atoms with Crippen LogP contribution in [0.25, 0.3) is 33.4 Å². The van der Waals surface area contributed by atoms with Crippen LogP contribution in [0.5, 0.6) is 0 Å². The monoisotopic (exact) mass is 918 g/mol. The molecule has 0 heterocycles. The molecule has 0 N–H and O–H groups in total. The summed E-state index contributed by atoms with van der Waals surface area (Å²) in [4.78, 5) is 2.77. The molecule has 1 nitrogen and oxygen atoms in total. The van der Waals surface area contributed by atoms with Crippen LogP contribution in [0.2, 0.25) is 0 Å². The lowest BCUT2D eigenvalue weighted by Gasteiger charge is -2.44. The van der Waals surface area contributed by atoms with Crippen molar-refractivity contribution >= 4 is 17.1 Å². The molecule has 5 aliphatic carbocycles. The Balaban J connectivity index is 1.25. The van der Waals surface area contributed by atoms with Crippen molar-refractivity contribution in [3.63, 3.8) is 0 Å². The van der Waals surface area contributed by atoms with Crippen molar-refractivity contribution in [2.45, 2.75) is 173 Å². The average molecular weight is 918 g/mol. The van der Waals surface area contributed by atoms with Crippen LogP contribution >= 0.6 is 0 Å². The van der Waals surface area contributed by atoms with Gasteiger partial charge in [-0.15, -0.1) is 0 Å². The third-order valence-corrected chi connectivity index (χ3v) is 19.3. The summed E-state index contributed by atoms with van der Waals surface area (Å²) in [6.07, 6.45) is 7.09. The van der Waals surface area contributed by atoms with Crippen LogP contribution in [0.3, 0.4) is 0 Å². The fourth-order valence-electron chi connectivity index (χ4n) is 14.6. The van der Waals surface area contributed by atoms with Crippen molar-refractivity contribution in [3.05, 3.63) is 194 Å². The largest absolute Gasteiger partial charge is 0.309 e. The molecule has 5 aliphatic rings. The highest BCUT2D eigenvalue weighted by Crippen LogP contribution is 2.65. The van der Waals surface area contributed by atoms with Gasteiger partial charge in [0.05, 0.1) is 11.1 Å². The lowest BCUT2D eigenvalue weighted by Crippen LogP contribution is -2.35. The molecule has 0 atom stereocenters. The van der Waals surface area contributed by atoms with Crippen LogP contribution in [-0.4, -0.2) is 0 Å². The van der Waals surface area contributed by atoms with Gasteiger partial charge in [-0.05, 0) is 204 Å². The smallest absolute Gasteiger partial charge is 0.0726 e. The first kappa shape index (κ1) is 45.5. The topological polar surface area (TPSA) is 3.24 Å². The second kappa shape index (κ2) is 14.7. The number of hydrogen-bond donors (Lipinski definition) is 0. The zero-order valence-corrected chi connectivity index (χ0v) is 44.8. The molecule has 7 aromatic carbocycles. The average Bonchev–Trinajstić information content (AvgIpc) is 3.78. The second-order valence-corrected chi connectivity index (χ2v) is 26.6. The Morgan fingerprint density at radius 1 is 0.286 bits per heavy atom. The fourth-order valence-corrected chi connectivity index (χ4v) is 14.6. The third kappa shape index (κ3) is 6.27. The molecule has 0 bridgehead atoms. The normalized spacial score (nSPS) is 20.3. The van der Waals surface area contributed by atoms with Crippen LogP contribution in [0.15, 0.2) is 127 Å². The standard InChI is InChI=1S/C69H75N/c1-42-35-55-58(67(11,12)33-31-64(55,5)6)40-60(42)70(61-41-59-56(36-43(61)2)65(7,8)32-34-68(59,13)14)62-39-54-49(38-48(62)44-27-28-53-57(37-44)66(9,10)30-29-63(53,3)4)47-23-17-20-26-52(47)69(54)50-24-18-15-21-45(50)46-22-16-19-25-51(46)69/h15-28,35-41H,29-34H2,1-14H3. The highest BCUT2D eigenvalue weighted by atomic mass is 15.2. The Hall–Kier alpha value is -5.66. The highest BCUT2D eigenvalue weighted by Gasteiger charge is 2.52. The SMILES string of the molecule is Cc1cc2c(cc1N(c1cc3c(cc1C)C(C)(C)CCC3(C)C)c1cc3c(cc1-c1ccc4c(c1)C(C)(C)CCC4(C)C)-c1ccccc1C31c3ccccc3-c3ccccc31)C(C)(C)CCC2(C)C. The molecule has 0 unspecified atom stereocenters. The zero-order valence-electron chi connectivity index (χ0n) is 44.8. The van der Waals surface area contributed by atoms with E-state index in [0.29, 0.717) is 0 Å². The summed E-state index contributed by atoms with van der Waals surface area (Å²) in [5.41, 5.74) is 29.0. The van der Waals surface area contributed by atoms with Crippen molar-refractivity contribution in [2.75, 3.05) is 4.90 Å². The van der Waals surface area contributed by atoms with Crippen LogP contribution in [0, 0.1) is 13.8 Å². The number of anilines is 3. The summed E-state index contributed by atoms with van der Waals surface area (Å²) in [6, 6.07) is 51.4. The van der Waals surface area contributed by atoms with Crippen LogP contribution in [0.4, 0.5) is 17.1 Å². The van der Waals surface area contributed by atoms with E-state index in [2.05, 4.69) is 229 Å².